The fraction of sp³-hybridized carbons (Fsp3) is 0.182. The van der Waals surface area contributed by atoms with Gasteiger partial charge in [-0.15, -0.1) is 5.10 Å². The largest absolute Gasteiger partial charge is 0.293 e. The summed E-state index contributed by atoms with van der Waals surface area (Å²) in [4.78, 5) is 11.1. The molecule has 0 saturated heterocycles. The topological polar surface area (TPSA) is 47.8 Å². The van der Waals surface area contributed by atoms with Gasteiger partial charge in [-0.25, -0.2) is 4.68 Å². The Morgan fingerprint density at radius 1 is 1.28 bits per heavy atom. The Bertz CT molecular complexity index is 586. The summed E-state index contributed by atoms with van der Waals surface area (Å²) in [6.45, 7) is 1.85. The van der Waals surface area contributed by atoms with E-state index in [-0.39, 0.29) is 5.78 Å². The Labute approximate surface area is 118 Å². The molecular formula is C11H8Cl3N3O. The summed E-state index contributed by atoms with van der Waals surface area (Å²) in [6, 6.07) is 3.40. The second-order valence-electron chi connectivity index (χ2n) is 3.73. The fourth-order valence-corrected chi connectivity index (χ4v) is 2.06. The SMILES string of the molecule is CC(=O)c1cn(Cc2cc(Cl)c(Cl)c(Cl)c2)nn1. The minimum Gasteiger partial charge on any atom is -0.293 e. The van der Waals surface area contributed by atoms with E-state index in [2.05, 4.69) is 10.3 Å². The minimum absolute atomic E-state index is 0.131. The van der Waals surface area contributed by atoms with Crippen molar-refractivity contribution in [2.75, 3.05) is 0 Å². The summed E-state index contributed by atoms with van der Waals surface area (Å²) in [5, 5.41) is 8.67. The number of carbonyl (C=O) groups is 1. The Balaban J connectivity index is 2.25. The van der Waals surface area contributed by atoms with Crippen molar-refractivity contribution in [3.63, 3.8) is 0 Å². The maximum absolute atomic E-state index is 11.1. The molecule has 0 aliphatic carbocycles. The second kappa shape index (κ2) is 5.26. The van der Waals surface area contributed by atoms with E-state index in [1.807, 2.05) is 0 Å². The molecule has 4 nitrogen and oxygen atoms in total. The van der Waals surface area contributed by atoms with E-state index in [9.17, 15) is 4.79 Å². The molecule has 0 bridgehead atoms. The summed E-state index contributed by atoms with van der Waals surface area (Å²) in [5.41, 5.74) is 1.15. The molecule has 0 saturated carbocycles. The lowest BCUT2D eigenvalue weighted by atomic mass is 10.2. The molecule has 1 aromatic heterocycles. The molecule has 94 valence electrons. The molecule has 0 fully saturated rings. The van der Waals surface area contributed by atoms with Gasteiger partial charge in [-0.1, -0.05) is 40.0 Å². The number of hydrogen-bond acceptors (Lipinski definition) is 3. The number of ketones is 1. The van der Waals surface area contributed by atoms with Gasteiger partial charge in [0.2, 0.25) is 0 Å². The lowest BCUT2D eigenvalue weighted by molar-refractivity contribution is 0.101. The molecule has 2 rings (SSSR count). The Kier molecular flexibility index (Phi) is 3.90. The molecule has 1 aromatic carbocycles. The van der Waals surface area contributed by atoms with E-state index in [1.54, 1.807) is 18.3 Å². The van der Waals surface area contributed by atoms with Crippen LogP contribution in [0.15, 0.2) is 18.3 Å². The maximum atomic E-state index is 11.1. The van der Waals surface area contributed by atoms with Gasteiger partial charge in [-0.3, -0.25) is 4.79 Å². The number of nitrogens with zero attached hydrogens (tertiary/aromatic N) is 3. The van der Waals surface area contributed by atoms with Crippen molar-refractivity contribution in [2.45, 2.75) is 13.5 Å². The molecular weight excluding hydrogens is 296 g/mol. The summed E-state index contributed by atoms with van der Waals surface area (Å²) in [5.74, 6) is -0.131. The number of carbonyl (C=O) groups excluding carboxylic acids is 1. The van der Waals surface area contributed by atoms with Crippen LogP contribution in [0.1, 0.15) is 23.0 Å². The van der Waals surface area contributed by atoms with Crippen LogP contribution in [0.25, 0.3) is 0 Å². The van der Waals surface area contributed by atoms with E-state index in [0.717, 1.165) is 5.56 Å². The number of benzene rings is 1. The van der Waals surface area contributed by atoms with E-state index in [1.165, 1.54) is 11.6 Å². The quantitative estimate of drug-likeness (QED) is 0.644. The first kappa shape index (κ1) is 13.3. The van der Waals surface area contributed by atoms with Gasteiger partial charge in [0.15, 0.2) is 5.78 Å². The molecule has 0 aliphatic rings. The highest BCUT2D eigenvalue weighted by Gasteiger charge is 2.09. The molecule has 0 aliphatic heterocycles. The third-order valence-electron chi connectivity index (χ3n) is 2.29. The van der Waals surface area contributed by atoms with Crippen LogP contribution in [0.3, 0.4) is 0 Å². The highest BCUT2D eigenvalue weighted by Crippen LogP contribution is 2.31. The van der Waals surface area contributed by atoms with Crippen molar-refractivity contribution in [2.24, 2.45) is 0 Å². The molecule has 0 spiro atoms. The van der Waals surface area contributed by atoms with Crippen LogP contribution in [0, 0.1) is 0 Å². The van der Waals surface area contributed by atoms with E-state index < -0.39 is 0 Å². The van der Waals surface area contributed by atoms with Crippen LogP contribution in [0.2, 0.25) is 15.1 Å². The highest BCUT2D eigenvalue weighted by atomic mass is 35.5. The van der Waals surface area contributed by atoms with Crippen LogP contribution in [0.4, 0.5) is 0 Å². The zero-order valence-corrected chi connectivity index (χ0v) is 11.6. The predicted molar refractivity (Wildman–Crippen MR) is 70.6 cm³/mol. The zero-order valence-electron chi connectivity index (χ0n) is 9.32. The predicted octanol–water partition coefficient (Wildman–Crippen LogP) is 3.49. The summed E-state index contributed by atoms with van der Waals surface area (Å²) in [7, 11) is 0. The van der Waals surface area contributed by atoms with Crippen molar-refractivity contribution in [1.29, 1.82) is 0 Å². The normalized spacial score (nSPS) is 10.7. The fourth-order valence-electron chi connectivity index (χ4n) is 1.42. The van der Waals surface area contributed by atoms with Gasteiger partial charge in [-0.2, -0.15) is 0 Å². The van der Waals surface area contributed by atoms with Gasteiger partial charge in [0.1, 0.15) is 5.69 Å². The Morgan fingerprint density at radius 3 is 2.39 bits per heavy atom. The van der Waals surface area contributed by atoms with Crippen LogP contribution in [0.5, 0.6) is 0 Å². The Morgan fingerprint density at radius 2 is 1.89 bits per heavy atom. The van der Waals surface area contributed by atoms with Crippen molar-refractivity contribution in [3.05, 3.63) is 44.7 Å². The van der Waals surface area contributed by atoms with Crippen molar-refractivity contribution in [3.8, 4) is 0 Å². The standard InChI is InChI=1S/C11H8Cl3N3O/c1-6(18)10-5-17(16-15-10)4-7-2-8(12)11(14)9(13)3-7/h2-3,5H,4H2,1H3. The summed E-state index contributed by atoms with van der Waals surface area (Å²) >= 11 is 17.7. The van der Waals surface area contributed by atoms with Crippen molar-refractivity contribution in [1.82, 2.24) is 15.0 Å². The van der Waals surface area contributed by atoms with E-state index in [0.29, 0.717) is 27.3 Å². The number of aromatic nitrogens is 3. The highest BCUT2D eigenvalue weighted by molar-refractivity contribution is 6.48. The van der Waals surface area contributed by atoms with E-state index in [4.69, 9.17) is 34.8 Å². The lowest BCUT2D eigenvalue weighted by Crippen LogP contribution is -2.00. The van der Waals surface area contributed by atoms with Crippen LogP contribution >= 0.6 is 34.8 Å². The average Bonchev–Trinajstić information content (AvgIpc) is 2.74. The molecule has 1 heterocycles. The Hall–Kier alpha value is -1.10. The minimum atomic E-state index is -0.131. The first-order valence-electron chi connectivity index (χ1n) is 5.02. The van der Waals surface area contributed by atoms with Crippen LogP contribution in [-0.2, 0) is 6.54 Å². The maximum Gasteiger partial charge on any atom is 0.181 e. The van der Waals surface area contributed by atoms with E-state index >= 15 is 0 Å². The molecule has 2 aromatic rings. The molecule has 0 N–H and O–H groups in total. The second-order valence-corrected chi connectivity index (χ2v) is 4.92. The van der Waals surface area contributed by atoms with Gasteiger partial charge in [0, 0.05) is 6.92 Å². The van der Waals surface area contributed by atoms with Crippen molar-refractivity contribution < 1.29 is 4.79 Å². The van der Waals surface area contributed by atoms with Gasteiger partial charge in [0.05, 0.1) is 27.8 Å². The molecule has 0 unspecified atom stereocenters. The molecule has 0 atom stereocenters. The molecule has 0 amide bonds. The first-order chi connectivity index (χ1) is 8.47. The van der Waals surface area contributed by atoms with Crippen LogP contribution < -0.4 is 0 Å². The molecule has 18 heavy (non-hydrogen) atoms. The number of hydrogen-bond donors (Lipinski definition) is 0. The number of rotatable bonds is 3. The van der Waals surface area contributed by atoms with Gasteiger partial charge < -0.3 is 0 Å². The summed E-state index contributed by atoms with van der Waals surface area (Å²) < 4.78 is 1.53. The molecule has 0 radical (unpaired) electrons. The first-order valence-corrected chi connectivity index (χ1v) is 6.15. The summed E-state index contributed by atoms with van der Waals surface area (Å²) in [6.07, 6.45) is 1.57. The van der Waals surface area contributed by atoms with Gasteiger partial charge in [0.25, 0.3) is 0 Å². The lowest BCUT2D eigenvalue weighted by Gasteiger charge is -2.05. The van der Waals surface area contributed by atoms with Gasteiger partial charge in [-0.05, 0) is 17.7 Å². The third kappa shape index (κ3) is 2.83. The third-order valence-corrected chi connectivity index (χ3v) is 3.48. The smallest absolute Gasteiger partial charge is 0.181 e. The monoisotopic (exact) mass is 303 g/mol. The van der Waals surface area contributed by atoms with Crippen molar-refractivity contribution >= 4 is 40.6 Å². The zero-order chi connectivity index (χ0) is 13.3. The van der Waals surface area contributed by atoms with Gasteiger partial charge >= 0.3 is 0 Å². The van der Waals surface area contributed by atoms with Crippen LogP contribution in [-0.4, -0.2) is 20.8 Å². The molecule has 7 heteroatoms. The average molecular weight is 305 g/mol. The number of Topliss-reactive ketones (excluding diaryl/α,β-unsaturated/α-hetero) is 1. The number of halogens is 3.